The SMILES string of the molecule is [2H]c1c([2H])c([2H])c(C([2H])([2H])N2CC[C@H](N)[C@@H]2C)c([2H])c1[2H]. The summed E-state index contributed by atoms with van der Waals surface area (Å²) >= 11 is 0. The summed E-state index contributed by atoms with van der Waals surface area (Å²) < 4.78 is 55.3. The highest BCUT2D eigenvalue weighted by atomic mass is 15.2. The summed E-state index contributed by atoms with van der Waals surface area (Å²) in [5.74, 6) is 0. The van der Waals surface area contributed by atoms with Crippen LogP contribution in [0.15, 0.2) is 30.2 Å². The summed E-state index contributed by atoms with van der Waals surface area (Å²) in [7, 11) is 0. The molecular weight excluding hydrogens is 172 g/mol. The highest BCUT2D eigenvalue weighted by Crippen LogP contribution is 2.18. The van der Waals surface area contributed by atoms with Gasteiger partial charge >= 0.3 is 0 Å². The van der Waals surface area contributed by atoms with E-state index < -0.39 is 36.7 Å². The Morgan fingerprint density at radius 3 is 2.86 bits per heavy atom. The Bertz CT molecular complexity index is 546. The Morgan fingerprint density at radius 2 is 2.29 bits per heavy atom. The first-order chi connectivity index (χ1) is 9.60. The molecule has 2 atom stereocenters. The average Bonchev–Trinajstić information content (AvgIpc) is 2.75. The van der Waals surface area contributed by atoms with Crippen LogP contribution in [0.4, 0.5) is 0 Å². The topological polar surface area (TPSA) is 29.3 Å². The van der Waals surface area contributed by atoms with Crippen LogP contribution in [0.25, 0.3) is 0 Å². The van der Waals surface area contributed by atoms with Gasteiger partial charge in [0.15, 0.2) is 0 Å². The van der Waals surface area contributed by atoms with E-state index in [-0.39, 0.29) is 17.6 Å². The Morgan fingerprint density at radius 1 is 1.57 bits per heavy atom. The lowest BCUT2D eigenvalue weighted by atomic mass is 10.1. The molecule has 1 aromatic rings. The molecule has 1 heterocycles. The third-order valence-electron chi connectivity index (χ3n) is 2.57. The summed E-state index contributed by atoms with van der Waals surface area (Å²) in [6, 6.07) is -3.02. The highest BCUT2D eigenvalue weighted by Gasteiger charge is 2.27. The van der Waals surface area contributed by atoms with E-state index in [1.807, 2.05) is 0 Å². The summed E-state index contributed by atoms with van der Waals surface area (Å²) in [5, 5.41) is 0. The largest absolute Gasteiger partial charge is 0.326 e. The molecule has 2 N–H and O–H groups in total. The number of nitrogens with two attached hydrogens (primary N) is 1. The van der Waals surface area contributed by atoms with Crippen LogP contribution in [-0.4, -0.2) is 23.5 Å². The van der Waals surface area contributed by atoms with Crippen molar-refractivity contribution < 1.29 is 9.60 Å². The Labute approximate surface area is 95.5 Å². The minimum absolute atomic E-state index is 0.190. The molecule has 1 aliphatic heterocycles. The van der Waals surface area contributed by atoms with Gasteiger partial charge in [0.1, 0.15) is 0 Å². The summed E-state index contributed by atoms with van der Waals surface area (Å²) in [4.78, 5) is 1.46. The molecule has 0 unspecified atom stereocenters. The highest BCUT2D eigenvalue weighted by molar-refractivity contribution is 5.15. The van der Waals surface area contributed by atoms with Crippen LogP contribution in [0.1, 0.15) is 28.5 Å². The van der Waals surface area contributed by atoms with Crippen molar-refractivity contribution in [1.29, 1.82) is 0 Å². The second-order valence-electron chi connectivity index (χ2n) is 3.50. The third-order valence-corrected chi connectivity index (χ3v) is 2.57. The van der Waals surface area contributed by atoms with Crippen LogP contribution in [0, 0.1) is 0 Å². The molecule has 2 nitrogen and oxygen atoms in total. The molecular formula is C12H18N2. The van der Waals surface area contributed by atoms with E-state index in [9.17, 15) is 0 Å². The van der Waals surface area contributed by atoms with Crippen LogP contribution in [-0.2, 0) is 6.50 Å². The van der Waals surface area contributed by atoms with E-state index in [0.717, 1.165) is 0 Å². The maximum absolute atomic E-state index is 8.30. The van der Waals surface area contributed by atoms with Crippen molar-refractivity contribution >= 4 is 0 Å². The van der Waals surface area contributed by atoms with Crippen molar-refractivity contribution in [2.75, 3.05) is 6.54 Å². The van der Waals surface area contributed by atoms with Crippen molar-refractivity contribution in [3.05, 3.63) is 35.8 Å². The first kappa shape index (κ1) is 4.33. The van der Waals surface area contributed by atoms with Gasteiger partial charge in [-0.15, -0.1) is 0 Å². The maximum Gasteiger partial charge on any atom is 0.0626 e. The second kappa shape index (κ2) is 4.11. The monoisotopic (exact) mass is 197 g/mol. The fraction of sp³-hybridized carbons (Fsp3) is 0.500. The summed E-state index contributed by atoms with van der Waals surface area (Å²) in [5.41, 5.74) is 5.57. The van der Waals surface area contributed by atoms with Crippen LogP contribution >= 0.6 is 0 Å². The molecule has 0 aliphatic carbocycles. The van der Waals surface area contributed by atoms with E-state index in [1.165, 1.54) is 4.90 Å². The second-order valence-corrected chi connectivity index (χ2v) is 3.50. The first-order valence-corrected chi connectivity index (χ1v) is 4.70. The van der Waals surface area contributed by atoms with Crippen molar-refractivity contribution in [2.45, 2.75) is 31.9 Å². The molecule has 1 fully saturated rings. The molecule has 2 heteroatoms. The number of likely N-dealkylation sites (tertiary alicyclic amines) is 1. The van der Waals surface area contributed by atoms with Gasteiger partial charge in [-0.25, -0.2) is 0 Å². The smallest absolute Gasteiger partial charge is 0.0626 e. The maximum atomic E-state index is 8.30. The van der Waals surface area contributed by atoms with E-state index >= 15 is 0 Å². The Kier molecular flexibility index (Phi) is 1.27. The third kappa shape index (κ3) is 1.97. The van der Waals surface area contributed by atoms with Crippen LogP contribution < -0.4 is 5.73 Å². The van der Waals surface area contributed by atoms with Crippen molar-refractivity contribution in [3.63, 3.8) is 0 Å². The quantitative estimate of drug-likeness (QED) is 0.780. The van der Waals surface area contributed by atoms with Gasteiger partial charge in [-0.1, -0.05) is 30.2 Å². The summed E-state index contributed by atoms with van der Waals surface area (Å²) in [6.07, 6.45) is 0.610. The lowest BCUT2D eigenvalue weighted by Gasteiger charge is -2.22. The predicted molar refractivity (Wildman–Crippen MR) is 58.9 cm³/mol. The summed E-state index contributed by atoms with van der Waals surface area (Å²) in [6.45, 7) is 0.00329. The zero-order valence-electron chi connectivity index (χ0n) is 15.1. The minimum atomic E-state index is -2.17. The first-order valence-electron chi connectivity index (χ1n) is 8.20. The van der Waals surface area contributed by atoms with Crippen molar-refractivity contribution in [2.24, 2.45) is 5.73 Å². The zero-order valence-corrected chi connectivity index (χ0v) is 8.09. The lowest BCUT2D eigenvalue weighted by Crippen LogP contribution is -2.36. The molecule has 1 aliphatic rings. The normalized spacial score (nSPS) is 36.3. The minimum Gasteiger partial charge on any atom is -0.326 e. The van der Waals surface area contributed by atoms with E-state index in [4.69, 9.17) is 15.3 Å². The van der Waals surface area contributed by atoms with E-state index in [1.54, 1.807) is 6.92 Å². The predicted octanol–water partition coefficient (Wildman–Crippen LogP) is 1.61. The standard InChI is InChI=1S/C12H18N2/c1-10-12(13)7-8-14(10)9-11-5-3-2-4-6-11/h2-6,10,12H,7-9,13H2,1H3/t10-,12-/m0/s1/i2D,3D,4D,5D,6D,9D2. The molecule has 2 rings (SSSR count). The molecule has 0 spiro atoms. The molecule has 1 saturated heterocycles. The van der Waals surface area contributed by atoms with Gasteiger partial charge in [0.05, 0.1) is 6.85 Å². The molecule has 0 aromatic heterocycles. The van der Waals surface area contributed by atoms with Crippen molar-refractivity contribution in [1.82, 2.24) is 4.90 Å². The Hall–Kier alpha value is -0.860. The average molecular weight is 197 g/mol. The molecule has 76 valence electrons. The van der Waals surface area contributed by atoms with Crippen LogP contribution in [0.3, 0.4) is 0 Å². The molecule has 0 amide bonds. The Balaban J connectivity index is 2.60. The van der Waals surface area contributed by atoms with Gasteiger partial charge in [-0.2, -0.15) is 0 Å². The number of hydrogen-bond donors (Lipinski definition) is 1. The zero-order chi connectivity index (χ0) is 16.1. The van der Waals surface area contributed by atoms with E-state index in [2.05, 4.69) is 0 Å². The van der Waals surface area contributed by atoms with Crippen molar-refractivity contribution in [3.8, 4) is 0 Å². The number of benzene rings is 1. The number of nitrogens with zero attached hydrogens (tertiary/aromatic N) is 1. The van der Waals surface area contributed by atoms with Gasteiger partial charge in [-0.05, 0) is 18.9 Å². The van der Waals surface area contributed by atoms with Gasteiger partial charge in [0.2, 0.25) is 0 Å². The molecule has 1 aromatic carbocycles. The van der Waals surface area contributed by atoms with Crippen LogP contribution in [0.2, 0.25) is 0 Å². The number of hydrogen-bond acceptors (Lipinski definition) is 2. The fourth-order valence-corrected chi connectivity index (χ4v) is 1.57. The van der Waals surface area contributed by atoms with Crippen LogP contribution in [0.5, 0.6) is 0 Å². The molecule has 14 heavy (non-hydrogen) atoms. The molecule has 0 bridgehead atoms. The van der Waals surface area contributed by atoms with Gasteiger partial charge in [0.25, 0.3) is 0 Å². The lowest BCUT2D eigenvalue weighted by molar-refractivity contribution is 0.252. The van der Waals surface area contributed by atoms with Gasteiger partial charge in [0, 0.05) is 27.9 Å². The number of rotatable bonds is 2. The van der Waals surface area contributed by atoms with E-state index in [0.29, 0.717) is 13.0 Å². The van der Waals surface area contributed by atoms with Gasteiger partial charge in [-0.3, -0.25) is 4.90 Å². The fourth-order valence-electron chi connectivity index (χ4n) is 1.57. The van der Waals surface area contributed by atoms with Gasteiger partial charge < -0.3 is 5.73 Å². The molecule has 0 radical (unpaired) electrons. The molecule has 0 saturated carbocycles.